The zero-order valence-corrected chi connectivity index (χ0v) is 22.6. The number of amides is 2. The Bertz CT molecular complexity index is 1100. The van der Waals surface area contributed by atoms with Crippen molar-refractivity contribution < 1.29 is 9.59 Å². The van der Waals surface area contributed by atoms with E-state index in [2.05, 4.69) is 27.4 Å². The zero-order chi connectivity index (χ0) is 26.5. The average Bonchev–Trinajstić information content (AvgIpc) is 3.28. The summed E-state index contributed by atoms with van der Waals surface area (Å²) in [6.07, 6.45) is 6.67. The van der Waals surface area contributed by atoms with E-state index in [4.69, 9.17) is 34.7 Å². The standard InChI is InChI=1S/C26H35Cl2N7O2/c1-15-22(33-34-23(15)18-8-5-9-19(27)21(18)28)17-10-12-35(13-11-17)20(36)14-31-25(37)24(32-26(29)30)16-6-3-2-4-7-16/h5,8-9,15-17,24H,2-4,6-7,10-14H2,1H3,(H,31,37)(H4,29,30,32)/t15?,24-/m1/s1. The van der Waals surface area contributed by atoms with Crippen molar-refractivity contribution in [2.24, 2.45) is 44.4 Å². The Morgan fingerprint density at radius 3 is 2.49 bits per heavy atom. The highest BCUT2D eigenvalue weighted by Crippen LogP contribution is 2.33. The quantitative estimate of drug-likeness (QED) is 0.355. The van der Waals surface area contributed by atoms with Gasteiger partial charge in [0.1, 0.15) is 6.04 Å². The third kappa shape index (κ3) is 6.44. The number of nitrogens with two attached hydrogens (primary N) is 2. The molecule has 2 atom stereocenters. The van der Waals surface area contributed by atoms with Crippen LogP contribution in [0.1, 0.15) is 57.4 Å². The first-order chi connectivity index (χ1) is 17.8. The number of nitrogens with zero attached hydrogens (tertiary/aromatic N) is 4. The number of hydrogen-bond acceptors (Lipinski definition) is 5. The predicted octanol–water partition coefficient (Wildman–Crippen LogP) is 3.37. The van der Waals surface area contributed by atoms with Crippen molar-refractivity contribution in [3.8, 4) is 0 Å². The van der Waals surface area contributed by atoms with Crippen LogP contribution in [0.25, 0.3) is 0 Å². The van der Waals surface area contributed by atoms with Gasteiger partial charge in [-0.1, -0.05) is 61.5 Å². The number of carbonyl (C=O) groups is 2. The summed E-state index contributed by atoms with van der Waals surface area (Å²) in [5.41, 5.74) is 13.8. The molecule has 1 aromatic rings. The second-order valence-corrected chi connectivity index (χ2v) is 10.9. The van der Waals surface area contributed by atoms with Crippen LogP contribution in [0.2, 0.25) is 10.0 Å². The van der Waals surface area contributed by atoms with Gasteiger partial charge in [-0.05, 0) is 37.7 Å². The van der Waals surface area contributed by atoms with Gasteiger partial charge in [0.2, 0.25) is 11.8 Å². The number of rotatable bonds is 7. The van der Waals surface area contributed by atoms with Crippen molar-refractivity contribution in [3.63, 3.8) is 0 Å². The molecule has 1 aliphatic carbocycles. The lowest BCUT2D eigenvalue weighted by Crippen LogP contribution is -2.48. The molecule has 200 valence electrons. The second kappa shape index (κ2) is 12.3. The minimum absolute atomic E-state index is 0.0229. The maximum Gasteiger partial charge on any atom is 0.245 e. The predicted molar refractivity (Wildman–Crippen MR) is 148 cm³/mol. The molecule has 0 aromatic heterocycles. The number of halogens is 2. The molecule has 0 radical (unpaired) electrons. The topological polar surface area (TPSA) is 139 Å². The third-order valence-corrected chi connectivity index (χ3v) is 8.51. The molecule has 5 N–H and O–H groups in total. The molecule has 37 heavy (non-hydrogen) atoms. The van der Waals surface area contributed by atoms with E-state index in [-0.39, 0.29) is 42.1 Å². The molecule has 2 fully saturated rings. The average molecular weight is 549 g/mol. The van der Waals surface area contributed by atoms with Crippen molar-refractivity contribution in [3.05, 3.63) is 33.8 Å². The molecule has 1 unspecified atom stereocenters. The maximum atomic E-state index is 12.9. The van der Waals surface area contributed by atoms with Crippen molar-refractivity contribution in [2.45, 2.75) is 57.9 Å². The fraction of sp³-hybridized carbons (Fsp3) is 0.577. The summed E-state index contributed by atoms with van der Waals surface area (Å²) in [7, 11) is 0. The Balaban J connectivity index is 1.27. The second-order valence-electron chi connectivity index (χ2n) is 10.1. The van der Waals surface area contributed by atoms with Gasteiger partial charge in [0, 0.05) is 30.5 Å². The van der Waals surface area contributed by atoms with E-state index in [1.54, 1.807) is 11.0 Å². The van der Waals surface area contributed by atoms with E-state index >= 15 is 0 Å². The van der Waals surface area contributed by atoms with Crippen LogP contribution in [-0.2, 0) is 9.59 Å². The van der Waals surface area contributed by atoms with Gasteiger partial charge in [0.15, 0.2) is 5.96 Å². The molecule has 2 aliphatic heterocycles. The van der Waals surface area contributed by atoms with Crippen molar-refractivity contribution >= 4 is 52.4 Å². The van der Waals surface area contributed by atoms with Gasteiger partial charge in [-0.2, -0.15) is 10.2 Å². The number of hydrogen-bond donors (Lipinski definition) is 3. The highest BCUT2D eigenvalue weighted by Gasteiger charge is 2.35. The number of carbonyl (C=O) groups excluding carboxylic acids is 2. The van der Waals surface area contributed by atoms with Gasteiger partial charge in [0.25, 0.3) is 0 Å². The Labute approximate surface area is 227 Å². The normalized spacial score (nSPS) is 21.7. The molecule has 0 bridgehead atoms. The summed E-state index contributed by atoms with van der Waals surface area (Å²) >= 11 is 12.6. The summed E-state index contributed by atoms with van der Waals surface area (Å²) in [5.74, 6) is -0.150. The van der Waals surface area contributed by atoms with E-state index in [9.17, 15) is 9.59 Å². The van der Waals surface area contributed by atoms with E-state index in [0.717, 1.165) is 61.9 Å². The van der Waals surface area contributed by atoms with E-state index < -0.39 is 6.04 Å². The molecule has 1 aromatic carbocycles. The van der Waals surface area contributed by atoms with Crippen LogP contribution in [0.5, 0.6) is 0 Å². The third-order valence-electron chi connectivity index (χ3n) is 7.69. The SMILES string of the molecule is CC1C(c2cccc(Cl)c2Cl)=NN=C1C1CCN(C(=O)CNC(=O)[C@H](N=C(N)N)C2CCCCC2)CC1. The van der Waals surface area contributed by atoms with Gasteiger partial charge in [0.05, 0.1) is 28.0 Å². The Morgan fingerprint density at radius 2 is 1.81 bits per heavy atom. The van der Waals surface area contributed by atoms with Gasteiger partial charge in [-0.15, -0.1) is 0 Å². The zero-order valence-electron chi connectivity index (χ0n) is 21.1. The van der Waals surface area contributed by atoms with E-state index in [1.807, 2.05) is 12.1 Å². The minimum atomic E-state index is -0.645. The summed E-state index contributed by atoms with van der Waals surface area (Å²) in [6.45, 7) is 3.20. The lowest BCUT2D eigenvalue weighted by molar-refractivity contribution is -0.134. The van der Waals surface area contributed by atoms with Crippen LogP contribution in [-0.4, -0.2) is 59.8 Å². The molecule has 4 rings (SSSR count). The fourth-order valence-corrected chi connectivity index (χ4v) is 6.04. The molecular formula is C26H35Cl2N7O2. The van der Waals surface area contributed by atoms with Gasteiger partial charge < -0.3 is 21.7 Å². The summed E-state index contributed by atoms with van der Waals surface area (Å²) in [5, 5.41) is 12.7. The van der Waals surface area contributed by atoms with Crippen LogP contribution < -0.4 is 16.8 Å². The number of nitrogens with one attached hydrogen (secondary N) is 1. The number of piperidine rings is 1. The molecule has 11 heteroatoms. The molecule has 1 saturated carbocycles. The molecule has 3 aliphatic rings. The first kappa shape index (κ1) is 27.4. The largest absolute Gasteiger partial charge is 0.370 e. The highest BCUT2D eigenvalue weighted by molar-refractivity contribution is 6.44. The molecule has 1 saturated heterocycles. The smallest absolute Gasteiger partial charge is 0.245 e. The summed E-state index contributed by atoms with van der Waals surface area (Å²) < 4.78 is 0. The highest BCUT2D eigenvalue weighted by atomic mass is 35.5. The van der Waals surface area contributed by atoms with E-state index in [1.165, 1.54) is 0 Å². The minimum Gasteiger partial charge on any atom is -0.370 e. The van der Waals surface area contributed by atoms with Crippen LogP contribution >= 0.6 is 23.2 Å². The monoisotopic (exact) mass is 547 g/mol. The first-order valence-electron chi connectivity index (χ1n) is 13.0. The van der Waals surface area contributed by atoms with Crippen LogP contribution in [0, 0.1) is 17.8 Å². The molecule has 2 heterocycles. The van der Waals surface area contributed by atoms with Crippen LogP contribution in [0.4, 0.5) is 0 Å². The van der Waals surface area contributed by atoms with Gasteiger partial charge in [-0.3, -0.25) is 9.59 Å². The Kier molecular flexibility index (Phi) is 9.08. The van der Waals surface area contributed by atoms with Crippen molar-refractivity contribution in [1.29, 1.82) is 0 Å². The lowest BCUT2D eigenvalue weighted by atomic mass is 9.83. The number of benzene rings is 1. The Morgan fingerprint density at radius 1 is 1.11 bits per heavy atom. The molecular weight excluding hydrogens is 513 g/mol. The van der Waals surface area contributed by atoms with Crippen molar-refractivity contribution in [2.75, 3.05) is 19.6 Å². The van der Waals surface area contributed by atoms with Gasteiger partial charge in [-0.25, -0.2) is 4.99 Å². The van der Waals surface area contributed by atoms with Crippen LogP contribution in [0.15, 0.2) is 33.4 Å². The molecule has 0 spiro atoms. The number of likely N-dealkylation sites (tertiary alicyclic amines) is 1. The number of guanidine groups is 1. The summed E-state index contributed by atoms with van der Waals surface area (Å²) in [4.78, 5) is 31.7. The number of aliphatic imine (C=N–C) groups is 1. The lowest BCUT2D eigenvalue weighted by Gasteiger charge is -2.33. The first-order valence-corrected chi connectivity index (χ1v) is 13.8. The van der Waals surface area contributed by atoms with Crippen LogP contribution in [0.3, 0.4) is 0 Å². The molecule has 9 nitrogen and oxygen atoms in total. The summed E-state index contributed by atoms with van der Waals surface area (Å²) in [6, 6.07) is 4.87. The Hall–Kier alpha value is -2.65. The van der Waals surface area contributed by atoms with Crippen molar-refractivity contribution in [1.82, 2.24) is 10.2 Å². The van der Waals surface area contributed by atoms with Gasteiger partial charge >= 0.3 is 0 Å². The van der Waals surface area contributed by atoms with E-state index in [0.29, 0.717) is 23.1 Å². The molecule has 2 amide bonds. The fourth-order valence-electron chi connectivity index (χ4n) is 5.64. The maximum absolute atomic E-state index is 12.9.